The number of benzene rings is 1. The summed E-state index contributed by atoms with van der Waals surface area (Å²) in [6, 6.07) is 3.75. The van der Waals surface area contributed by atoms with Crippen LogP contribution in [-0.2, 0) is 0 Å². The van der Waals surface area contributed by atoms with Gasteiger partial charge in [-0.15, -0.1) is 0 Å². The van der Waals surface area contributed by atoms with E-state index in [4.69, 9.17) is 10.0 Å². The summed E-state index contributed by atoms with van der Waals surface area (Å²) in [5.74, 6) is -0.498. The Kier molecular flexibility index (Phi) is 2.65. The van der Waals surface area contributed by atoms with Crippen molar-refractivity contribution in [3.63, 3.8) is 0 Å². The van der Waals surface area contributed by atoms with E-state index in [1.165, 1.54) is 12.1 Å². The summed E-state index contributed by atoms with van der Waals surface area (Å²) in [5, 5.41) is 17.3. The molecule has 0 heterocycles. The molecule has 0 saturated heterocycles. The Morgan fingerprint density at radius 3 is 2.36 bits per heavy atom. The van der Waals surface area contributed by atoms with Gasteiger partial charge in [-0.25, -0.2) is 4.39 Å². The third kappa shape index (κ3) is 2.29. The lowest BCUT2D eigenvalue weighted by Crippen LogP contribution is -2.30. The predicted molar refractivity (Wildman–Crippen MR) is 43.9 cm³/mol. The molecule has 1 aromatic rings. The summed E-state index contributed by atoms with van der Waals surface area (Å²) in [4.78, 5) is 0. The first-order valence-electron chi connectivity index (χ1n) is 2.92. The average molecular weight is 219 g/mol. The second-order valence-electron chi connectivity index (χ2n) is 2.08. The molecule has 0 spiro atoms. The Morgan fingerprint density at radius 1 is 1.27 bits per heavy atom. The van der Waals surface area contributed by atoms with E-state index in [1.54, 1.807) is 0 Å². The molecule has 0 unspecified atom stereocenters. The lowest BCUT2D eigenvalue weighted by atomic mass is 9.80. The van der Waals surface area contributed by atoms with Gasteiger partial charge in [0.05, 0.1) is 0 Å². The van der Waals surface area contributed by atoms with E-state index in [9.17, 15) is 4.39 Å². The Morgan fingerprint density at radius 2 is 1.91 bits per heavy atom. The highest BCUT2D eigenvalue weighted by molar-refractivity contribution is 9.10. The molecule has 0 atom stereocenters. The van der Waals surface area contributed by atoms with Gasteiger partial charge in [0.1, 0.15) is 5.82 Å². The van der Waals surface area contributed by atoms with E-state index in [0.717, 1.165) is 6.07 Å². The Hall–Kier alpha value is -0.385. The molecule has 0 aliphatic heterocycles. The fourth-order valence-electron chi connectivity index (χ4n) is 0.724. The van der Waals surface area contributed by atoms with Crippen LogP contribution in [0.15, 0.2) is 22.7 Å². The molecule has 0 amide bonds. The first-order chi connectivity index (χ1) is 5.09. The zero-order chi connectivity index (χ0) is 8.43. The number of halogens is 2. The normalized spacial score (nSPS) is 9.82. The Balaban J connectivity index is 3.08. The number of rotatable bonds is 1. The second-order valence-corrected chi connectivity index (χ2v) is 2.99. The van der Waals surface area contributed by atoms with Gasteiger partial charge in [0, 0.05) is 4.47 Å². The summed E-state index contributed by atoms with van der Waals surface area (Å²) >= 11 is 3.02. The topological polar surface area (TPSA) is 40.5 Å². The summed E-state index contributed by atoms with van der Waals surface area (Å²) < 4.78 is 13.0. The Bertz CT molecular complexity index is 247. The van der Waals surface area contributed by atoms with E-state index >= 15 is 0 Å². The lowest BCUT2D eigenvalue weighted by Gasteiger charge is -1.99. The monoisotopic (exact) mass is 218 g/mol. The first kappa shape index (κ1) is 8.71. The van der Waals surface area contributed by atoms with Gasteiger partial charge in [-0.1, -0.05) is 15.9 Å². The largest absolute Gasteiger partial charge is 0.488 e. The molecule has 0 aliphatic rings. The average Bonchev–Trinajstić information content (AvgIpc) is 1.85. The van der Waals surface area contributed by atoms with Crippen molar-refractivity contribution in [1.29, 1.82) is 0 Å². The maximum atomic E-state index is 12.5. The summed E-state index contributed by atoms with van der Waals surface area (Å²) in [6.07, 6.45) is 0. The Labute approximate surface area is 71.9 Å². The first-order valence-corrected chi connectivity index (χ1v) is 3.71. The van der Waals surface area contributed by atoms with Crippen LogP contribution in [0.4, 0.5) is 4.39 Å². The molecule has 0 aromatic heterocycles. The highest BCUT2D eigenvalue weighted by Crippen LogP contribution is 2.08. The molecule has 1 rings (SSSR count). The van der Waals surface area contributed by atoms with Crippen molar-refractivity contribution in [2.45, 2.75) is 0 Å². The van der Waals surface area contributed by atoms with Gasteiger partial charge in [0.15, 0.2) is 0 Å². The van der Waals surface area contributed by atoms with Crippen molar-refractivity contribution in [3.05, 3.63) is 28.5 Å². The molecule has 0 radical (unpaired) electrons. The van der Waals surface area contributed by atoms with Crippen LogP contribution >= 0.6 is 15.9 Å². The zero-order valence-corrected chi connectivity index (χ0v) is 7.05. The summed E-state index contributed by atoms with van der Waals surface area (Å²) in [7, 11) is -1.62. The standard InChI is InChI=1S/C6H5BBrFO2/c8-5-1-4(7(10)11)2-6(9)3-5/h1-3,10-11H. The number of hydrogen-bond acceptors (Lipinski definition) is 2. The minimum absolute atomic E-state index is 0.136. The molecule has 0 aliphatic carbocycles. The molecule has 0 fully saturated rings. The van der Waals surface area contributed by atoms with Gasteiger partial charge < -0.3 is 10.0 Å². The van der Waals surface area contributed by atoms with Crippen molar-refractivity contribution < 1.29 is 14.4 Å². The maximum Gasteiger partial charge on any atom is 0.488 e. The van der Waals surface area contributed by atoms with Crippen molar-refractivity contribution in [3.8, 4) is 0 Å². The van der Waals surface area contributed by atoms with Crippen molar-refractivity contribution in [2.75, 3.05) is 0 Å². The quantitative estimate of drug-likeness (QED) is 0.665. The molecular weight excluding hydrogens is 214 g/mol. The van der Waals surface area contributed by atoms with Gasteiger partial charge in [0.25, 0.3) is 0 Å². The van der Waals surface area contributed by atoms with E-state index < -0.39 is 12.9 Å². The highest BCUT2D eigenvalue weighted by atomic mass is 79.9. The second kappa shape index (κ2) is 3.34. The molecular formula is C6H5BBrFO2. The van der Waals surface area contributed by atoms with Crippen LogP contribution in [0, 0.1) is 5.82 Å². The maximum absolute atomic E-state index is 12.5. The SMILES string of the molecule is OB(O)c1cc(F)cc(Br)c1. The predicted octanol–water partition coefficient (Wildman–Crippen LogP) is 0.268. The number of hydrogen-bond donors (Lipinski definition) is 2. The van der Waals surface area contributed by atoms with E-state index in [0.29, 0.717) is 4.47 Å². The van der Waals surface area contributed by atoms with Gasteiger partial charge in [-0.3, -0.25) is 0 Å². The minimum Gasteiger partial charge on any atom is -0.423 e. The van der Waals surface area contributed by atoms with Gasteiger partial charge in [-0.2, -0.15) is 0 Å². The molecule has 0 saturated carbocycles. The van der Waals surface area contributed by atoms with Gasteiger partial charge >= 0.3 is 7.12 Å². The van der Waals surface area contributed by atoms with Crippen LogP contribution in [0.3, 0.4) is 0 Å². The van der Waals surface area contributed by atoms with Crippen LogP contribution in [-0.4, -0.2) is 17.2 Å². The van der Waals surface area contributed by atoms with E-state index in [-0.39, 0.29) is 5.46 Å². The molecule has 11 heavy (non-hydrogen) atoms. The fourth-order valence-corrected chi connectivity index (χ4v) is 1.21. The van der Waals surface area contributed by atoms with Crippen LogP contribution in [0.5, 0.6) is 0 Å². The summed E-state index contributed by atoms with van der Waals surface area (Å²) in [5.41, 5.74) is 0.136. The van der Waals surface area contributed by atoms with Crippen molar-refractivity contribution >= 4 is 28.5 Å². The van der Waals surface area contributed by atoms with Crippen LogP contribution < -0.4 is 5.46 Å². The van der Waals surface area contributed by atoms with Crippen LogP contribution in [0.2, 0.25) is 0 Å². The van der Waals surface area contributed by atoms with Gasteiger partial charge in [-0.05, 0) is 23.7 Å². The highest BCUT2D eigenvalue weighted by Gasteiger charge is 2.11. The third-order valence-corrected chi connectivity index (χ3v) is 1.64. The van der Waals surface area contributed by atoms with Gasteiger partial charge in [0.2, 0.25) is 0 Å². The van der Waals surface area contributed by atoms with Crippen molar-refractivity contribution in [2.24, 2.45) is 0 Å². The lowest BCUT2D eigenvalue weighted by molar-refractivity contribution is 0.425. The molecule has 1 aromatic carbocycles. The van der Waals surface area contributed by atoms with E-state index in [2.05, 4.69) is 15.9 Å². The van der Waals surface area contributed by atoms with Crippen LogP contribution in [0.25, 0.3) is 0 Å². The molecule has 2 N–H and O–H groups in total. The van der Waals surface area contributed by atoms with Crippen LogP contribution in [0.1, 0.15) is 0 Å². The zero-order valence-electron chi connectivity index (χ0n) is 5.46. The third-order valence-electron chi connectivity index (χ3n) is 1.18. The molecule has 5 heteroatoms. The summed E-state index contributed by atoms with van der Waals surface area (Å²) in [6.45, 7) is 0. The van der Waals surface area contributed by atoms with E-state index in [1.807, 2.05) is 0 Å². The molecule has 58 valence electrons. The smallest absolute Gasteiger partial charge is 0.423 e. The van der Waals surface area contributed by atoms with Crippen molar-refractivity contribution in [1.82, 2.24) is 0 Å². The molecule has 0 bridgehead atoms. The minimum atomic E-state index is -1.62. The molecule has 2 nitrogen and oxygen atoms in total. The fraction of sp³-hybridized carbons (Fsp3) is 0.